The van der Waals surface area contributed by atoms with E-state index in [9.17, 15) is 9.59 Å². The summed E-state index contributed by atoms with van der Waals surface area (Å²) in [6.07, 6.45) is 1.04. The van der Waals surface area contributed by atoms with Gasteiger partial charge in [-0.05, 0) is 31.9 Å². The van der Waals surface area contributed by atoms with Crippen LogP contribution in [0, 0.1) is 0 Å². The normalized spacial score (nSPS) is 11.3. The highest BCUT2D eigenvalue weighted by Gasteiger charge is 2.22. The van der Waals surface area contributed by atoms with Gasteiger partial charge >= 0.3 is 11.9 Å². The lowest BCUT2D eigenvalue weighted by atomic mass is 10.1. The molecule has 0 radical (unpaired) electrons. The van der Waals surface area contributed by atoms with Crippen LogP contribution in [0.25, 0.3) is 0 Å². The van der Waals surface area contributed by atoms with Crippen molar-refractivity contribution < 1.29 is 19.3 Å². The van der Waals surface area contributed by atoms with Gasteiger partial charge < -0.3 is 10.1 Å². The molecule has 0 fully saturated rings. The molecule has 7 heteroatoms. The van der Waals surface area contributed by atoms with Crippen LogP contribution in [0.4, 0.5) is 0 Å². The zero-order valence-corrected chi connectivity index (χ0v) is 12.7. The monoisotopic (exact) mass is 307 g/mol. The highest BCUT2D eigenvalue weighted by Crippen LogP contribution is 2.03. The molecule has 1 unspecified atom stereocenters. The van der Waals surface area contributed by atoms with E-state index in [1.54, 1.807) is 31.2 Å². The van der Waals surface area contributed by atoms with Crippen molar-refractivity contribution in [1.82, 2.24) is 5.32 Å². The second-order valence-corrected chi connectivity index (χ2v) is 4.67. The van der Waals surface area contributed by atoms with Crippen molar-refractivity contribution in [3.05, 3.63) is 35.9 Å². The number of hydrogen-bond acceptors (Lipinski definition) is 3. The predicted octanol–water partition coefficient (Wildman–Crippen LogP) is -1.52. The number of amides is 1. The minimum atomic E-state index is -0.701. The van der Waals surface area contributed by atoms with Crippen LogP contribution in [0.1, 0.15) is 30.1 Å². The van der Waals surface area contributed by atoms with Crippen molar-refractivity contribution in [2.45, 2.75) is 25.8 Å². The molecule has 0 aromatic heterocycles. The Morgan fingerprint density at radius 3 is 2.55 bits per heavy atom. The molecule has 1 rings (SSSR count). The van der Waals surface area contributed by atoms with E-state index < -0.39 is 12.0 Å². The lowest BCUT2D eigenvalue weighted by molar-refractivity contribution is -0.459. The van der Waals surface area contributed by atoms with Crippen LogP contribution in [0.3, 0.4) is 0 Å². The highest BCUT2D eigenvalue weighted by molar-refractivity contribution is 5.96. The van der Waals surface area contributed by atoms with Gasteiger partial charge in [-0.2, -0.15) is 0 Å². The second-order valence-electron chi connectivity index (χ2n) is 4.67. The maximum Gasteiger partial charge on any atom is 0.338 e. The first-order valence-electron chi connectivity index (χ1n) is 7.19. The minimum absolute atomic E-state index is 0.126. The SMILES string of the molecule is CCOC(=O)C(CCC[NH+]=C(N)N)NC(=O)c1ccccc1. The standard InChI is InChI=1S/C15H22N4O3/c1-2-22-14(21)12(9-6-10-18-15(16)17)19-13(20)11-7-4-3-5-8-11/h3-5,7-8,12H,2,6,9-10H2,1H3,(H,19,20)(H4,16,17,18)/p+1. The molecule has 7 nitrogen and oxygen atoms in total. The predicted molar refractivity (Wildman–Crippen MR) is 82.8 cm³/mol. The first-order valence-corrected chi connectivity index (χ1v) is 7.19. The summed E-state index contributed by atoms with van der Waals surface area (Å²) in [6, 6.07) is 8.01. The molecular formula is C15H23N4O3+. The van der Waals surface area contributed by atoms with Crippen molar-refractivity contribution >= 4 is 17.8 Å². The number of nitrogens with one attached hydrogen (secondary N) is 2. The molecule has 0 bridgehead atoms. The van der Waals surface area contributed by atoms with Crippen molar-refractivity contribution in [3.8, 4) is 0 Å². The van der Waals surface area contributed by atoms with Crippen molar-refractivity contribution in [2.75, 3.05) is 13.2 Å². The van der Waals surface area contributed by atoms with E-state index in [2.05, 4.69) is 10.3 Å². The van der Waals surface area contributed by atoms with Crippen LogP contribution >= 0.6 is 0 Å². The minimum Gasteiger partial charge on any atom is -0.464 e. The fourth-order valence-corrected chi connectivity index (χ4v) is 1.86. The van der Waals surface area contributed by atoms with E-state index in [1.807, 2.05) is 6.07 Å². The van der Waals surface area contributed by atoms with Crippen LogP contribution in [0.2, 0.25) is 0 Å². The maximum atomic E-state index is 12.1. The Bertz CT molecular complexity index is 513. The summed E-state index contributed by atoms with van der Waals surface area (Å²) < 4.78 is 4.99. The molecule has 1 aromatic carbocycles. The van der Waals surface area contributed by atoms with Crippen LogP contribution in [0.15, 0.2) is 30.3 Å². The lowest BCUT2D eigenvalue weighted by Gasteiger charge is -2.16. The molecule has 1 atom stereocenters. The van der Waals surface area contributed by atoms with Gasteiger partial charge in [0.2, 0.25) is 0 Å². The van der Waals surface area contributed by atoms with Crippen LogP contribution < -0.4 is 21.8 Å². The van der Waals surface area contributed by atoms with E-state index in [1.165, 1.54) is 0 Å². The highest BCUT2D eigenvalue weighted by atomic mass is 16.5. The van der Waals surface area contributed by atoms with Crippen LogP contribution in [0.5, 0.6) is 0 Å². The molecule has 6 N–H and O–H groups in total. The van der Waals surface area contributed by atoms with Gasteiger partial charge in [0.1, 0.15) is 6.04 Å². The molecule has 0 saturated carbocycles. The van der Waals surface area contributed by atoms with Crippen molar-refractivity contribution in [2.24, 2.45) is 11.5 Å². The number of rotatable bonds is 8. The molecule has 22 heavy (non-hydrogen) atoms. The Balaban J connectivity index is 2.63. The van der Waals surface area contributed by atoms with Crippen LogP contribution in [-0.4, -0.2) is 37.0 Å². The summed E-state index contributed by atoms with van der Waals surface area (Å²) in [5, 5.41) is 2.70. The zero-order chi connectivity index (χ0) is 16.4. The number of carbonyl (C=O) groups excluding carboxylic acids is 2. The summed E-state index contributed by atoms with van der Waals surface area (Å²) in [7, 11) is 0. The molecule has 0 aliphatic rings. The number of nitrogens with two attached hydrogens (primary N) is 2. The summed E-state index contributed by atoms with van der Waals surface area (Å²) in [4.78, 5) is 26.8. The van der Waals surface area contributed by atoms with Gasteiger partial charge in [0.25, 0.3) is 5.91 Å². The average Bonchev–Trinajstić information content (AvgIpc) is 2.51. The quantitative estimate of drug-likeness (QED) is 0.201. The van der Waals surface area contributed by atoms with E-state index in [0.717, 1.165) is 0 Å². The third-order valence-electron chi connectivity index (χ3n) is 2.91. The first kappa shape index (κ1) is 17.5. The van der Waals surface area contributed by atoms with Gasteiger partial charge in [-0.25, -0.2) is 4.79 Å². The molecule has 120 valence electrons. The number of hydrogen-bond donors (Lipinski definition) is 4. The summed E-state index contributed by atoms with van der Waals surface area (Å²) in [5.41, 5.74) is 11.1. The second kappa shape index (κ2) is 9.38. The van der Waals surface area contributed by atoms with Gasteiger partial charge in [0.05, 0.1) is 13.2 Å². The average molecular weight is 307 g/mol. The van der Waals surface area contributed by atoms with Crippen molar-refractivity contribution in [1.29, 1.82) is 0 Å². The van der Waals surface area contributed by atoms with Gasteiger partial charge in [-0.15, -0.1) is 0 Å². The Kier molecular flexibility index (Phi) is 7.45. The molecular weight excluding hydrogens is 284 g/mol. The molecule has 0 aliphatic carbocycles. The Labute approximate surface area is 129 Å². The molecule has 0 aliphatic heterocycles. The summed E-state index contributed by atoms with van der Waals surface area (Å²) in [5.74, 6) is -0.631. The molecule has 1 amide bonds. The van der Waals surface area contributed by atoms with Gasteiger partial charge in [0.15, 0.2) is 0 Å². The van der Waals surface area contributed by atoms with E-state index in [4.69, 9.17) is 16.2 Å². The van der Waals surface area contributed by atoms with Gasteiger partial charge in [-0.1, -0.05) is 18.2 Å². The smallest absolute Gasteiger partial charge is 0.338 e. The number of carbonyl (C=O) groups is 2. The fraction of sp³-hybridized carbons (Fsp3) is 0.400. The molecule has 0 saturated heterocycles. The Hall–Kier alpha value is -2.57. The van der Waals surface area contributed by atoms with E-state index >= 15 is 0 Å². The number of ether oxygens (including phenoxy) is 1. The van der Waals surface area contributed by atoms with Gasteiger partial charge in [0, 0.05) is 5.56 Å². The number of guanidine groups is 1. The van der Waals surface area contributed by atoms with Gasteiger partial charge in [-0.3, -0.25) is 21.3 Å². The van der Waals surface area contributed by atoms with E-state index in [0.29, 0.717) is 24.9 Å². The Morgan fingerprint density at radius 2 is 1.95 bits per heavy atom. The third kappa shape index (κ3) is 6.25. The molecule has 0 spiro atoms. The number of esters is 1. The largest absolute Gasteiger partial charge is 0.464 e. The number of benzene rings is 1. The van der Waals surface area contributed by atoms with E-state index in [-0.39, 0.29) is 18.5 Å². The zero-order valence-electron chi connectivity index (χ0n) is 12.7. The molecule has 0 heterocycles. The lowest BCUT2D eigenvalue weighted by Crippen LogP contribution is -2.78. The van der Waals surface area contributed by atoms with Crippen molar-refractivity contribution in [3.63, 3.8) is 0 Å². The maximum absolute atomic E-state index is 12.1. The topological polar surface area (TPSA) is 121 Å². The fourth-order valence-electron chi connectivity index (χ4n) is 1.86. The summed E-state index contributed by atoms with van der Waals surface area (Å²) in [6.45, 7) is 2.50. The third-order valence-corrected chi connectivity index (χ3v) is 2.91. The Morgan fingerprint density at radius 1 is 1.27 bits per heavy atom. The van der Waals surface area contributed by atoms with Crippen LogP contribution in [-0.2, 0) is 9.53 Å². The summed E-state index contributed by atoms with van der Waals surface area (Å²) >= 11 is 0. The first-order chi connectivity index (χ1) is 10.5. The molecule has 1 aromatic rings.